The normalized spacial score (nSPS) is 13.9. The van der Waals surface area contributed by atoms with Crippen molar-refractivity contribution in [3.05, 3.63) is 66.2 Å². The summed E-state index contributed by atoms with van der Waals surface area (Å²) in [6, 6.07) is 19.4. The number of hydrogen-bond acceptors (Lipinski definition) is 2. The Morgan fingerprint density at radius 2 is 1.50 bits per heavy atom. The van der Waals surface area contributed by atoms with Crippen LogP contribution >= 0.6 is 0 Å². The van der Waals surface area contributed by atoms with Gasteiger partial charge in [0.15, 0.2) is 0 Å². The first-order valence-electron chi connectivity index (χ1n) is 6.26. The molecule has 0 spiro atoms. The molecule has 0 aromatic heterocycles. The maximum absolute atomic E-state index is 10.1. The molecule has 0 amide bonds. The predicted octanol–water partition coefficient (Wildman–Crippen LogP) is 3.58. The SMILES string of the molecule is CC[C@H](O)[C@H](Oc1ccccc1)c1ccccc1. The fourth-order valence-electron chi connectivity index (χ4n) is 1.87. The van der Waals surface area contributed by atoms with E-state index in [1.165, 1.54) is 0 Å². The molecule has 1 N–H and O–H groups in total. The zero-order valence-corrected chi connectivity index (χ0v) is 10.5. The highest BCUT2D eigenvalue weighted by Crippen LogP contribution is 2.25. The van der Waals surface area contributed by atoms with Crippen LogP contribution in [0.2, 0.25) is 0 Å². The molecule has 2 aromatic carbocycles. The van der Waals surface area contributed by atoms with Crippen molar-refractivity contribution >= 4 is 0 Å². The summed E-state index contributed by atoms with van der Waals surface area (Å²) < 4.78 is 5.90. The standard InChI is InChI=1S/C16H18O2/c1-2-15(17)16(13-9-5-3-6-10-13)18-14-11-7-4-8-12-14/h3-12,15-17H,2H2,1H3/t15-,16+/m0/s1. The van der Waals surface area contributed by atoms with Crippen molar-refractivity contribution in [1.82, 2.24) is 0 Å². The van der Waals surface area contributed by atoms with Crippen LogP contribution < -0.4 is 4.74 Å². The lowest BCUT2D eigenvalue weighted by atomic mass is 10.0. The topological polar surface area (TPSA) is 29.5 Å². The van der Waals surface area contributed by atoms with Gasteiger partial charge in [-0.2, -0.15) is 0 Å². The van der Waals surface area contributed by atoms with Crippen LogP contribution in [0.3, 0.4) is 0 Å². The van der Waals surface area contributed by atoms with E-state index in [0.717, 1.165) is 11.3 Å². The van der Waals surface area contributed by atoms with Crippen LogP contribution in [-0.2, 0) is 0 Å². The van der Waals surface area contributed by atoms with E-state index in [-0.39, 0.29) is 6.10 Å². The molecule has 0 aliphatic carbocycles. The number of aliphatic hydroxyl groups excluding tert-OH is 1. The summed E-state index contributed by atoms with van der Waals surface area (Å²) in [7, 11) is 0. The Bertz CT molecular complexity index is 453. The molecule has 2 heteroatoms. The Morgan fingerprint density at radius 3 is 2.06 bits per heavy atom. The summed E-state index contributed by atoms with van der Waals surface area (Å²) in [6.45, 7) is 1.95. The number of hydrogen-bond donors (Lipinski definition) is 1. The maximum Gasteiger partial charge on any atom is 0.149 e. The summed E-state index contributed by atoms with van der Waals surface area (Å²) in [5, 5.41) is 10.1. The number of aliphatic hydroxyl groups is 1. The second-order valence-electron chi connectivity index (χ2n) is 4.24. The van der Waals surface area contributed by atoms with Crippen LogP contribution in [-0.4, -0.2) is 11.2 Å². The van der Waals surface area contributed by atoms with E-state index < -0.39 is 6.10 Å². The summed E-state index contributed by atoms with van der Waals surface area (Å²) in [6.07, 6.45) is -0.168. The largest absolute Gasteiger partial charge is 0.483 e. The molecule has 0 fully saturated rings. The van der Waals surface area contributed by atoms with Gasteiger partial charge in [-0.25, -0.2) is 0 Å². The Labute approximate surface area is 108 Å². The van der Waals surface area contributed by atoms with E-state index in [1.54, 1.807) is 0 Å². The quantitative estimate of drug-likeness (QED) is 0.868. The summed E-state index contributed by atoms with van der Waals surface area (Å²) in [4.78, 5) is 0. The van der Waals surface area contributed by atoms with Crippen LogP contribution in [0.25, 0.3) is 0 Å². The number of ether oxygens (including phenoxy) is 1. The van der Waals surface area contributed by atoms with Gasteiger partial charge in [0, 0.05) is 0 Å². The number of benzene rings is 2. The van der Waals surface area contributed by atoms with E-state index in [2.05, 4.69) is 0 Å². The summed E-state index contributed by atoms with van der Waals surface area (Å²) in [5.41, 5.74) is 0.996. The van der Waals surface area contributed by atoms with E-state index in [0.29, 0.717) is 6.42 Å². The average Bonchev–Trinajstić information content (AvgIpc) is 2.46. The Balaban J connectivity index is 2.21. The molecule has 0 saturated carbocycles. The minimum Gasteiger partial charge on any atom is -0.483 e. The lowest BCUT2D eigenvalue weighted by Gasteiger charge is -2.23. The molecule has 2 nitrogen and oxygen atoms in total. The molecule has 0 radical (unpaired) electrons. The van der Waals surface area contributed by atoms with E-state index in [4.69, 9.17) is 4.74 Å². The van der Waals surface area contributed by atoms with Gasteiger partial charge in [0.2, 0.25) is 0 Å². The minimum atomic E-state index is -0.507. The van der Waals surface area contributed by atoms with Crippen molar-refractivity contribution in [3.63, 3.8) is 0 Å². The van der Waals surface area contributed by atoms with Crippen LogP contribution in [0.5, 0.6) is 5.75 Å². The third-order valence-electron chi connectivity index (χ3n) is 2.90. The van der Waals surface area contributed by atoms with Crippen molar-refractivity contribution in [1.29, 1.82) is 0 Å². The molecular weight excluding hydrogens is 224 g/mol. The average molecular weight is 242 g/mol. The summed E-state index contributed by atoms with van der Waals surface area (Å²) in [5.74, 6) is 0.777. The molecular formula is C16H18O2. The Morgan fingerprint density at radius 1 is 0.944 bits per heavy atom. The molecule has 0 saturated heterocycles. The third kappa shape index (κ3) is 3.11. The van der Waals surface area contributed by atoms with Gasteiger partial charge in [-0.3, -0.25) is 0 Å². The molecule has 0 aliphatic rings. The first-order chi connectivity index (χ1) is 8.81. The second-order valence-corrected chi connectivity index (χ2v) is 4.24. The molecule has 2 rings (SSSR count). The van der Waals surface area contributed by atoms with E-state index >= 15 is 0 Å². The highest BCUT2D eigenvalue weighted by atomic mass is 16.5. The number of rotatable bonds is 5. The van der Waals surface area contributed by atoms with Crippen molar-refractivity contribution in [2.75, 3.05) is 0 Å². The van der Waals surface area contributed by atoms with Gasteiger partial charge >= 0.3 is 0 Å². The molecule has 2 aromatic rings. The first-order valence-corrected chi connectivity index (χ1v) is 6.26. The third-order valence-corrected chi connectivity index (χ3v) is 2.90. The van der Waals surface area contributed by atoms with Gasteiger partial charge < -0.3 is 9.84 Å². The van der Waals surface area contributed by atoms with Crippen molar-refractivity contribution in [2.24, 2.45) is 0 Å². The monoisotopic (exact) mass is 242 g/mol. The lowest BCUT2D eigenvalue weighted by Crippen LogP contribution is -2.23. The Kier molecular flexibility index (Phi) is 4.37. The molecule has 0 aliphatic heterocycles. The van der Waals surface area contributed by atoms with Gasteiger partial charge in [-0.1, -0.05) is 55.5 Å². The van der Waals surface area contributed by atoms with Gasteiger partial charge in [0.1, 0.15) is 11.9 Å². The van der Waals surface area contributed by atoms with Gasteiger partial charge in [0.25, 0.3) is 0 Å². The highest BCUT2D eigenvalue weighted by molar-refractivity contribution is 5.25. The van der Waals surface area contributed by atoms with Crippen molar-refractivity contribution < 1.29 is 9.84 Å². The van der Waals surface area contributed by atoms with E-state index in [9.17, 15) is 5.11 Å². The minimum absolute atomic E-state index is 0.321. The van der Waals surface area contributed by atoms with Crippen LogP contribution in [0, 0.1) is 0 Å². The van der Waals surface area contributed by atoms with Crippen LogP contribution in [0.1, 0.15) is 25.0 Å². The molecule has 18 heavy (non-hydrogen) atoms. The van der Waals surface area contributed by atoms with Gasteiger partial charge in [-0.15, -0.1) is 0 Å². The zero-order valence-electron chi connectivity index (χ0n) is 10.5. The van der Waals surface area contributed by atoms with Crippen molar-refractivity contribution in [3.8, 4) is 5.75 Å². The van der Waals surface area contributed by atoms with Crippen LogP contribution in [0.15, 0.2) is 60.7 Å². The second kappa shape index (κ2) is 6.22. The molecule has 0 heterocycles. The highest BCUT2D eigenvalue weighted by Gasteiger charge is 2.21. The lowest BCUT2D eigenvalue weighted by molar-refractivity contribution is 0.0331. The number of para-hydroxylation sites is 1. The van der Waals surface area contributed by atoms with Crippen LogP contribution in [0.4, 0.5) is 0 Å². The smallest absolute Gasteiger partial charge is 0.149 e. The Hall–Kier alpha value is -1.80. The van der Waals surface area contributed by atoms with E-state index in [1.807, 2.05) is 67.6 Å². The molecule has 0 unspecified atom stereocenters. The van der Waals surface area contributed by atoms with Crippen molar-refractivity contribution in [2.45, 2.75) is 25.6 Å². The zero-order chi connectivity index (χ0) is 12.8. The first kappa shape index (κ1) is 12.7. The maximum atomic E-state index is 10.1. The van der Waals surface area contributed by atoms with Gasteiger partial charge in [0.05, 0.1) is 6.10 Å². The fraction of sp³-hybridized carbons (Fsp3) is 0.250. The fourth-order valence-corrected chi connectivity index (χ4v) is 1.87. The summed E-state index contributed by atoms with van der Waals surface area (Å²) >= 11 is 0. The van der Waals surface area contributed by atoms with Gasteiger partial charge in [-0.05, 0) is 24.1 Å². The molecule has 2 atom stereocenters. The molecule has 94 valence electrons. The predicted molar refractivity (Wildman–Crippen MR) is 72.6 cm³/mol. The molecule has 0 bridgehead atoms.